The van der Waals surface area contributed by atoms with Crippen LogP contribution in [0.15, 0.2) is 0 Å². The molecule has 0 spiro atoms. The van der Waals surface area contributed by atoms with E-state index in [0.29, 0.717) is 0 Å². The van der Waals surface area contributed by atoms with E-state index in [1.807, 2.05) is 0 Å². The van der Waals surface area contributed by atoms with Gasteiger partial charge >= 0.3 is 0 Å². The molecule has 0 amide bonds. The van der Waals surface area contributed by atoms with Gasteiger partial charge in [-0.05, 0) is 38.6 Å². The molecule has 1 aromatic rings. The molecule has 0 radical (unpaired) electrons. The van der Waals surface area contributed by atoms with Crippen molar-refractivity contribution in [3.05, 3.63) is 5.82 Å². The zero-order chi connectivity index (χ0) is 14.3. The highest BCUT2D eigenvalue weighted by Gasteiger charge is 2.38. The van der Waals surface area contributed by atoms with Crippen LogP contribution in [0.3, 0.4) is 0 Å². The van der Waals surface area contributed by atoms with Gasteiger partial charge in [0, 0.05) is 35.6 Å². The second-order valence-corrected chi connectivity index (χ2v) is 8.19. The van der Waals surface area contributed by atoms with Crippen LogP contribution in [0.5, 0.6) is 0 Å². The van der Waals surface area contributed by atoms with E-state index in [4.69, 9.17) is 0 Å². The molecule has 5 heteroatoms. The molecule has 0 aliphatic carbocycles. The maximum Gasteiger partial charge on any atom is 0.202 e. The molecule has 3 rings (SSSR count). The van der Waals surface area contributed by atoms with Crippen LogP contribution in [0.25, 0.3) is 0 Å². The average Bonchev–Trinajstić information content (AvgIpc) is 2.90. The molecule has 2 atom stereocenters. The fraction of sp³-hybridized carbons (Fsp3) is 0.867. The molecule has 112 valence electrons. The number of nitrogens with one attached hydrogen (secondary N) is 1. The van der Waals surface area contributed by atoms with Gasteiger partial charge in [0.05, 0.1) is 0 Å². The van der Waals surface area contributed by atoms with Gasteiger partial charge < -0.3 is 10.2 Å². The van der Waals surface area contributed by atoms with Crippen LogP contribution in [0.2, 0.25) is 0 Å². The minimum absolute atomic E-state index is 0.0447. The van der Waals surface area contributed by atoms with Gasteiger partial charge in [-0.2, -0.15) is 4.37 Å². The molecular formula is C15H26N4S. The summed E-state index contributed by atoms with van der Waals surface area (Å²) in [5.74, 6) is 1.75. The molecular weight excluding hydrogens is 268 g/mol. The molecule has 4 nitrogen and oxygen atoms in total. The van der Waals surface area contributed by atoms with Crippen molar-refractivity contribution in [1.29, 1.82) is 0 Å². The zero-order valence-corrected chi connectivity index (χ0v) is 13.8. The number of hydrogen-bond donors (Lipinski definition) is 1. The molecule has 20 heavy (non-hydrogen) atoms. The Balaban J connectivity index is 1.54. The van der Waals surface area contributed by atoms with E-state index in [1.54, 1.807) is 0 Å². The molecule has 2 unspecified atom stereocenters. The Kier molecular flexibility index (Phi) is 3.75. The molecule has 3 heterocycles. The van der Waals surface area contributed by atoms with Gasteiger partial charge in [-0.1, -0.05) is 20.8 Å². The number of rotatable bonds is 3. The third-order valence-electron chi connectivity index (χ3n) is 4.83. The Hall–Kier alpha value is -0.680. The van der Waals surface area contributed by atoms with E-state index < -0.39 is 0 Å². The number of anilines is 1. The maximum absolute atomic E-state index is 4.62. The Morgan fingerprint density at radius 2 is 1.90 bits per heavy atom. The molecule has 2 saturated heterocycles. The lowest BCUT2D eigenvalue weighted by atomic mass is 9.91. The van der Waals surface area contributed by atoms with Crippen LogP contribution in [0, 0.1) is 5.92 Å². The van der Waals surface area contributed by atoms with E-state index in [9.17, 15) is 0 Å². The summed E-state index contributed by atoms with van der Waals surface area (Å²) in [5.41, 5.74) is 0.0447. The summed E-state index contributed by atoms with van der Waals surface area (Å²) in [6.07, 6.45) is 5.46. The van der Waals surface area contributed by atoms with Crippen molar-refractivity contribution in [2.45, 2.75) is 64.0 Å². The second kappa shape index (κ2) is 5.26. The lowest BCUT2D eigenvalue weighted by molar-refractivity contribution is 0.139. The number of fused-ring (bicyclic) bond motifs is 2. The zero-order valence-electron chi connectivity index (χ0n) is 13.0. The van der Waals surface area contributed by atoms with Crippen LogP contribution < -0.4 is 5.32 Å². The molecule has 1 N–H and O–H groups in total. The van der Waals surface area contributed by atoms with Crippen molar-refractivity contribution in [3.8, 4) is 0 Å². The van der Waals surface area contributed by atoms with Crippen LogP contribution in [-0.2, 0) is 5.41 Å². The largest absolute Gasteiger partial charge is 0.360 e. The summed E-state index contributed by atoms with van der Waals surface area (Å²) in [5, 5.41) is 4.50. The highest BCUT2D eigenvalue weighted by atomic mass is 32.1. The molecule has 1 aromatic heterocycles. The van der Waals surface area contributed by atoms with Gasteiger partial charge in [-0.15, -0.1) is 0 Å². The minimum Gasteiger partial charge on any atom is -0.360 e. The van der Waals surface area contributed by atoms with Crippen LogP contribution in [0.4, 0.5) is 5.13 Å². The summed E-state index contributed by atoms with van der Waals surface area (Å²) in [7, 11) is 2.30. The van der Waals surface area contributed by atoms with E-state index in [-0.39, 0.29) is 5.41 Å². The first-order chi connectivity index (χ1) is 9.43. The quantitative estimate of drug-likeness (QED) is 0.930. The maximum atomic E-state index is 4.62. The minimum atomic E-state index is 0.0447. The lowest BCUT2D eigenvalue weighted by Gasteiger charge is -2.36. The number of hydrogen-bond acceptors (Lipinski definition) is 5. The lowest BCUT2D eigenvalue weighted by Crippen LogP contribution is -2.41. The molecule has 2 fully saturated rings. The number of aromatic nitrogens is 2. The van der Waals surface area contributed by atoms with Gasteiger partial charge in [0.25, 0.3) is 0 Å². The monoisotopic (exact) mass is 294 g/mol. The topological polar surface area (TPSA) is 41.0 Å². The van der Waals surface area contributed by atoms with Gasteiger partial charge in [0.1, 0.15) is 5.82 Å². The summed E-state index contributed by atoms with van der Waals surface area (Å²) in [6, 6.07) is 1.64. The predicted octanol–water partition coefficient (Wildman–Crippen LogP) is 3.12. The van der Waals surface area contributed by atoms with Gasteiger partial charge in [-0.25, -0.2) is 4.98 Å². The first-order valence-electron chi connectivity index (χ1n) is 7.73. The molecule has 0 saturated carbocycles. The van der Waals surface area contributed by atoms with Crippen molar-refractivity contribution in [2.24, 2.45) is 5.92 Å². The Bertz CT molecular complexity index is 451. The smallest absolute Gasteiger partial charge is 0.202 e. The normalized spacial score (nSPS) is 30.7. The highest BCUT2D eigenvalue weighted by Crippen LogP contribution is 2.37. The standard InChI is InChI=1S/C15H26N4S/c1-15(2,3)13-17-14(20-18-13)16-9-10-7-11-5-6-12(8-10)19(11)4/h10-12H,5-9H2,1-4H3,(H,16,17,18). The molecule has 0 aromatic carbocycles. The predicted molar refractivity (Wildman–Crippen MR) is 84.4 cm³/mol. The molecule has 2 bridgehead atoms. The Labute approximate surface area is 126 Å². The van der Waals surface area contributed by atoms with Crippen molar-refractivity contribution >= 4 is 16.7 Å². The third-order valence-corrected chi connectivity index (χ3v) is 5.51. The number of piperidine rings is 1. The fourth-order valence-electron chi connectivity index (χ4n) is 3.52. The van der Waals surface area contributed by atoms with Crippen LogP contribution in [0.1, 0.15) is 52.3 Å². The van der Waals surface area contributed by atoms with Crippen molar-refractivity contribution in [1.82, 2.24) is 14.3 Å². The van der Waals surface area contributed by atoms with Crippen molar-refractivity contribution in [3.63, 3.8) is 0 Å². The average molecular weight is 294 g/mol. The molecule has 2 aliphatic rings. The van der Waals surface area contributed by atoms with Crippen LogP contribution in [-0.4, -0.2) is 39.9 Å². The highest BCUT2D eigenvalue weighted by molar-refractivity contribution is 7.09. The van der Waals surface area contributed by atoms with E-state index >= 15 is 0 Å². The Morgan fingerprint density at radius 1 is 1.25 bits per heavy atom. The van der Waals surface area contributed by atoms with Crippen molar-refractivity contribution in [2.75, 3.05) is 18.9 Å². The van der Waals surface area contributed by atoms with Gasteiger partial charge in [0.15, 0.2) is 0 Å². The van der Waals surface area contributed by atoms with E-state index in [0.717, 1.165) is 35.5 Å². The van der Waals surface area contributed by atoms with Gasteiger partial charge in [0.2, 0.25) is 5.13 Å². The van der Waals surface area contributed by atoms with E-state index in [2.05, 4.69) is 47.4 Å². The SMILES string of the molecule is CN1C2CCC1CC(CNc1nc(C(C)(C)C)ns1)C2. The summed E-state index contributed by atoms with van der Waals surface area (Å²) in [6.45, 7) is 7.54. The van der Waals surface area contributed by atoms with Crippen LogP contribution >= 0.6 is 11.5 Å². The van der Waals surface area contributed by atoms with Gasteiger partial charge in [-0.3, -0.25) is 0 Å². The summed E-state index contributed by atoms with van der Waals surface area (Å²) in [4.78, 5) is 7.22. The molecule has 2 aliphatic heterocycles. The third kappa shape index (κ3) is 2.84. The Morgan fingerprint density at radius 3 is 2.45 bits per heavy atom. The second-order valence-electron chi connectivity index (χ2n) is 7.44. The summed E-state index contributed by atoms with van der Waals surface area (Å²) < 4.78 is 4.47. The first kappa shape index (κ1) is 14.3. The summed E-state index contributed by atoms with van der Waals surface area (Å²) >= 11 is 1.50. The first-order valence-corrected chi connectivity index (χ1v) is 8.51. The van der Waals surface area contributed by atoms with Crippen molar-refractivity contribution < 1.29 is 0 Å². The fourth-order valence-corrected chi connectivity index (χ4v) is 4.29. The van der Waals surface area contributed by atoms with E-state index in [1.165, 1.54) is 37.2 Å². The number of nitrogens with zero attached hydrogens (tertiary/aromatic N) is 3.